The summed E-state index contributed by atoms with van der Waals surface area (Å²) < 4.78 is 10.9. The van der Waals surface area contributed by atoms with Gasteiger partial charge in [0.15, 0.2) is 17.2 Å². The standard InChI is InChI=1S/C15H15NO4.Na/c1-19-11-6-2-3-7-12(11)20-13-8-4-5-10(15(13)16)9-14(17)18;/h2-8H,9,16H2,1H3,(H,17,18);/q;+1/p-1. The van der Waals surface area contributed by atoms with Crippen LogP contribution >= 0.6 is 0 Å². The maximum atomic E-state index is 10.7. The number of carboxylic acids is 1. The van der Waals surface area contributed by atoms with Gasteiger partial charge in [-0.3, -0.25) is 0 Å². The summed E-state index contributed by atoms with van der Waals surface area (Å²) in [6.45, 7) is 0. The molecule has 0 saturated carbocycles. The van der Waals surface area contributed by atoms with Crippen LogP contribution in [0.5, 0.6) is 17.2 Å². The summed E-state index contributed by atoms with van der Waals surface area (Å²) in [4.78, 5) is 10.7. The molecule has 0 atom stereocenters. The van der Waals surface area contributed by atoms with Gasteiger partial charge < -0.3 is 25.1 Å². The van der Waals surface area contributed by atoms with Crippen LogP contribution in [0, 0.1) is 0 Å². The first-order chi connectivity index (χ1) is 9.61. The van der Waals surface area contributed by atoms with E-state index in [1.807, 2.05) is 6.07 Å². The Balaban J connectivity index is 0.00000220. The van der Waals surface area contributed by atoms with Gasteiger partial charge in [-0.25, -0.2) is 0 Å². The van der Waals surface area contributed by atoms with E-state index in [-0.39, 0.29) is 41.7 Å². The van der Waals surface area contributed by atoms with Crippen molar-refractivity contribution in [2.24, 2.45) is 0 Å². The Morgan fingerprint density at radius 3 is 2.33 bits per heavy atom. The number of aliphatic carboxylic acids is 1. The van der Waals surface area contributed by atoms with Crippen LogP contribution in [0.4, 0.5) is 5.69 Å². The zero-order valence-corrected chi connectivity index (χ0v) is 14.0. The van der Waals surface area contributed by atoms with Crippen LogP contribution in [0.3, 0.4) is 0 Å². The van der Waals surface area contributed by atoms with E-state index in [0.29, 0.717) is 22.8 Å². The molecule has 2 aromatic carbocycles. The van der Waals surface area contributed by atoms with Gasteiger partial charge in [0.05, 0.1) is 12.8 Å². The van der Waals surface area contributed by atoms with Gasteiger partial charge in [0.25, 0.3) is 0 Å². The molecule has 0 fully saturated rings. The van der Waals surface area contributed by atoms with Crippen molar-refractivity contribution in [3.05, 3.63) is 48.0 Å². The minimum absolute atomic E-state index is 0. The molecule has 2 rings (SSSR count). The SMILES string of the molecule is COc1ccccc1Oc1cccc(CC(=O)[O-])c1N.[Na+]. The fourth-order valence-corrected chi connectivity index (χ4v) is 1.81. The van der Waals surface area contributed by atoms with Crippen LogP contribution in [-0.4, -0.2) is 13.1 Å². The molecule has 0 aliphatic carbocycles. The number of para-hydroxylation sites is 3. The Morgan fingerprint density at radius 1 is 1.10 bits per heavy atom. The monoisotopic (exact) mass is 295 g/mol. The van der Waals surface area contributed by atoms with E-state index in [1.165, 1.54) is 7.11 Å². The average Bonchev–Trinajstić information content (AvgIpc) is 2.43. The molecule has 0 spiro atoms. The number of ether oxygens (including phenoxy) is 2. The molecule has 0 heterocycles. The maximum absolute atomic E-state index is 10.7. The van der Waals surface area contributed by atoms with Crippen LogP contribution < -0.4 is 49.9 Å². The number of benzene rings is 2. The number of hydrogen-bond donors (Lipinski definition) is 1. The second-order valence-corrected chi connectivity index (χ2v) is 4.13. The minimum Gasteiger partial charge on any atom is -0.550 e. The van der Waals surface area contributed by atoms with Gasteiger partial charge in [-0.2, -0.15) is 0 Å². The summed E-state index contributed by atoms with van der Waals surface area (Å²) in [5.41, 5.74) is 6.65. The molecule has 104 valence electrons. The molecular weight excluding hydrogens is 281 g/mol. The fraction of sp³-hybridized carbons (Fsp3) is 0.133. The van der Waals surface area contributed by atoms with Crippen molar-refractivity contribution in [2.75, 3.05) is 12.8 Å². The van der Waals surface area contributed by atoms with E-state index in [2.05, 4.69) is 0 Å². The predicted octanol–water partition coefficient (Wildman–Crippen LogP) is -1.63. The Labute approximate surface area is 145 Å². The van der Waals surface area contributed by atoms with Crippen molar-refractivity contribution >= 4 is 11.7 Å². The number of carboxylic acid groups (broad SMARTS) is 1. The van der Waals surface area contributed by atoms with E-state index < -0.39 is 5.97 Å². The van der Waals surface area contributed by atoms with Crippen molar-refractivity contribution < 1.29 is 48.9 Å². The smallest absolute Gasteiger partial charge is 0.550 e. The molecule has 0 unspecified atom stereocenters. The summed E-state index contributed by atoms with van der Waals surface area (Å²) in [6.07, 6.45) is -0.255. The third kappa shape index (κ3) is 4.39. The van der Waals surface area contributed by atoms with Crippen LogP contribution in [-0.2, 0) is 11.2 Å². The number of carbonyl (C=O) groups is 1. The van der Waals surface area contributed by atoms with E-state index in [9.17, 15) is 9.90 Å². The van der Waals surface area contributed by atoms with Crippen molar-refractivity contribution in [1.82, 2.24) is 0 Å². The number of anilines is 1. The van der Waals surface area contributed by atoms with Gasteiger partial charge in [-0.1, -0.05) is 24.3 Å². The zero-order chi connectivity index (χ0) is 14.5. The number of nitrogens with two attached hydrogens (primary N) is 1. The Morgan fingerprint density at radius 2 is 1.71 bits per heavy atom. The molecule has 0 bridgehead atoms. The maximum Gasteiger partial charge on any atom is 1.00 e. The molecule has 2 aromatic rings. The summed E-state index contributed by atoms with van der Waals surface area (Å²) in [6, 6.07) is 12.1. The second-order valence-electron chi connectivity index (χ2n) is 4.13. The molecular formula is C15H14NNaO4. The fourth-order valence-electron chi connectivity index (χ4n) is 1.81. The molecule has 0 aliphatic heterocycles. The average molecular weight is 295 g/mol. The van der Waals surface area contributed by atoms with Crippen molar-refractivity contribution in [3.63, 3.8) is 0 Å². The molecule has 0 aromatic heterocycles. The summed E-state index contributed by atoms with van der Waals surface area (Å²) in [5.74, 6) is 0.267. The van der Waals surface area contributed by atoms with Crippen LogP contribution in [0.2, 0.25) is 0 Å². The van der Waals surface area contributed by atoms with Crippen molar-refractivity contribution in [3.8, 4) is 17.2 Å². The van der Waals surface area contributed by atoms with Gasteiger partial charge >= 0.3 is 29.6 Å². The first-order valence-corrected chi connectivity index (χ1v) is 6.00. The zero-order valence-electron chi connectivity index (χ0n) is 12.0. The number of carbonyl (C=O) groups excluding carboxylic acids is 1. The van der Waals surface area contributed by atoms with E-state index in [4.69, 9.17) is 15.2 Å². The van der Waals surface area contributed by atoms with Crippen molar-refractivity contribution in [2.45, 2.75) is 6.42 Å². The van der Waals surface area contributed by atoms with Gasteiger partial charge in [0.2, 0.25) is 0 Å². The summed E-state index contributed by atoms with van der Waals surface area (Å²) in [5, 5.41) is 10.7. The first kappa shape index (κ1) is 17.4. The number of rotatable bonds is 5. The molecule has 0 saturated heterocycles. The molecule has 0 amide bonds. The number of methoxy groups -OCH3 is 1. The second kappa shape index (κ2) is 7.93. The predicted molar refractivity (Wildman–Crippen MR) is 72.6 cm³/mol. The van der Waals surface area contributed by atoms with Crippen LogP contribution in [0.1, 0.15) is 5.56 Å². The Kier molecular flexibility index (Phi) is 6.55. The van der Waals surface area contributed by atoms with Gasteiger partial charge in [-0.15, -0.1) is 0 Å². The largest absolute Gasteiger partial charge is 1.00 e. The summed E-state index contributed by atoms with van der Waals surface area (Å²) >= 11 is 0. The van der Waals surface area contributed by atoms with Gasteiger partial charge in [0, 0.05) is 12.4 Å². The molecule has 6 heteroatoms. The quantitative estimate of drug-likeness (QED) is 0.529. The van der Waals surface area contributed by atoms with E-state index >= 15 is 0 Å². The Hall–Kier alpha value is -1.69. The molecule has 0 radical (unpaired) electrons. The van der Waals surface area contributed by atoms with Crippen molar-refractivity contribution in [1.29, 1.82) is 0 Å². The Bertz CT molecular complexity index is 631. The summed E-state index contributed by atoms with van der Waals surface area (Å²) in [7, 11) is 1.54. The normalized spacial score (nSPS) is 9.57. The third-order valence-corrected chi connectivity index (χ3v) is 2.78. The molecule has 0 aliphatic rings. The third-order valence-electron chi connectivity index (χ3n) is 2.78. The van der Waals surface area contributed by atoms with E-state index in [0.717, 1.165) is 0 Å². The van der Waals surface area contributed by atoms with E-state index in [1.54, 1.807) is 36.4 Å². The van der Waals surface area contributed by atoms with Crippen LogP contribution in [0.25, 0.3) is 0 Å². The minimum atomic E-state index is -1.19. The number of nitrogen functional groups attached to an aromatic ring is 1. The first-order valence-electron chi connectivity index (χ1n) is 6.00. The number of hydrogen-bond acceptors (Lipinski definition) is 5. The van der Waals surface area contributed by atoms with Crippen LogP contribution in [0.15, 0.2) is 42.5 Å². The molecule has 2 N–H and O–H groups in total. The van der Waals surface area contributed by atoms with Gasteiger partial charge in [-0.05, 0) is 23.8 Å². The molecule has 21 heavy (non-hydrogen) atoms. The topological polar surface area (TPSA) is 84.6 Å². The molecule has 5 nitrogen and oxygen atoms in total. The van der Waals surface area contributed by atoms with Gasteiger partial charge in [0.1, 0.15) is 0 Å².